The lowest BCUT2D eigenvalue weighted by Gasteiger charge is -2.12. The van der Waals surface area contributed by atoms with E-state index in [1.807, 2.05) is 24.4 Å². The number of benzene rings is 5. The molecule has 9 rings (SSSR count). The van der Waals surface area contributed by atoms with Crippen molar-refractivity contribution in [1.82, 2.24) is 18.5 Å². The average molecular weight is 525 g/mol. The first-order valence-corrected chi connectivity index (χ1v) is 13.9. The quantitative estimate of drug-likeness (QED) is 0.226. The van der Waals surface area contributed by atoms with Gasteiger partial charge in [0, 0.05) is 50.9 Å². The summed E-state index contributed by atoms with van der Waals surface area (Å²) in [5.41, 5.74) is 10.1. The molecular weight excluding hydrogens is 500 g/mol. The Morgan fingerprint density at radius 1 is 0.439 bits per heavy atom. The van der Waals surface area contributed by atoms with E-state index in [1.54, 1.807) is 0 Å². The summed E-state index contributed by atoms with van der Waals surface area (Å²) in [6.45, 7) is 0. The molecular formula is C37H24N4. The van der Waals surface area contributed by atoms with Crippen LogP contribution in [-0.2, 0) is 0 Å². The first-order valence-electron chi connectivity index (χ1n) is 13.9. The second-order valence-corrected chi connectivity index (χ2v) is 10.5. The van der Waals surface area contributed by atoms with E-state index >= 15 is 0 Å². The van der Waals surface area contributed by atoms with Crippen molar-refractivity contribution < 1.29 is 0 Å². The van der Waals surface area contributed by atoms with E-state index in [1.165, 1.54) is 43.6 Å². The fourth-order valence-electron chi connectivity index (χ4n) is 6.47. The summed E-state index contributed by atoms with van der Waals surface area (Å²) in [6.07, 6.45) is 4.13. The minimum absolute atomic E-state index is 0.949. The molecule has 0 aliphatic carbocycles. The summed E-state index contributed by atoms with van der Waals surface area (Å²) < 4.78 is 6.92. The molecule has 0 bridgehead atoms. The first kappa shape index (κ1) is 22.2. The van der Waals surface area contributed by atoms with Gasteiger partial charge in [-0.25, -0.2) is 4.98 Å². The Kier molecular flexibility index (Phi) is 4.58. The summed E-state index contributed by atoms with van der Waals surface area (Å²) in [5.74, 6) is 0. The van der Waals surface area contributed by atoms with Crippen LogP contribution in [0.2, 0.25) is 0 Å². The molecule has 0 radical (unpaired) electrons. The van der Waals surface area contributed by atoms with E-state index in [9.17, 15) is 0 Å². The number of pyridine rings is 1. The lowest BCUT2D eigenvalue weighted by molar-refractivity contribution is 1.15. The Hall–Kier alpha value is -5.61. The largest absolute Gasteiger partial charge is 0.307 e. The standard InChI is InChI=1S/C37H24N4/c1-2-10-26(11-3-1)40-33-14-6-4-12-28(33)30-21-22-31-29-13-5-7-15-34(29)41(37(31)36(30)40)27-19-17-25(18-20-27)32-24-39-23-9-8-16-35(39)38-32/h1-24H. The number of hydrogen-bond donors (Lipinski definition) is 0. The van der Waals surface area contributed by atoms with E-state index in [-0.39, 0.29) is 0 Å². The Labute approximate surface area is 236 Å². The first-order chi connectivity index (χ1) is 20.3. The zero-order valence-corrected chi connectivity index (χ0v) is 22.1. The molecule has 0 aliphatic rings. The third-order valence-corrected chi connectivity index (χ3v) is 8.27. The van der Waals surface area contributed by atoms with Crippen molar-refractivity contribution in [2.24, 2.45) is 0 Å². The van der Waals surface area contributed by atoms with Gasteiger partial charge < -0.3 is 13.5 Å². The monoisotopic (exact) mass is 524 g/mol. The lowest BCUT2D eigenvalue weighted by Crippen LogP contribution is -1.98. The maximum absolute atomic E-state index is 4.84. The van der Waals surface area contributed by atoms with Crippen LogP contribution in [0.15, 0.2) is 146 Å². The number of hydrogen-bond acceptors (Lipinski definition) is 1. The molecule has 0 atom stereocenters. The van der Waals surface area contributed by atoms with Crippen LogP contribution in [-0.4, -0.2) is 18.5 Å². The van der Waals surface area contributed by atoms with Gasteiger partial charge in [-0.2, -0.15) is 0 Å². The molecule has 4 heteroatoms. The molecule has 0 unspecified atom stereocenters. The lowest BCUT2D eigenvalue weighted by atomic mass is 10.1. The van der Waals surface area contributed by atoms with Crippen molar-refractivity contribution in [3.05, 3.63) is 146 Å². The van der Waals surface area contributed by atoms with E-state index in [0.29, 0.717) is 0 Å². The number of nitrogens with zero attached hydrogens (tertiary/aromatic N) is 4. The van der Waals surface area contributed by atoms with E-state index < -0.39 is 0 Å². The maximum atomic E-state index is 4.84. The molecule has 4 aromatic heterocycles. The van der Waals surface area contributed by atoms with Gasteiger partial charge in [0.15, 0.2) is 0 Å². The molecule has 0 fully saturated rings. The van der Waals surface area contributed by atoms with Crippen LogP contribution in [0.1, 0.15) is 0 Å². The molecule has 0 amide bonds. The van der Waals surface area contributed by atoms with Gasteiger partial charge in [-0.15, -0.1) is 0 Å². The molecule has 4 nitrogen and oxygen atoms in total. The van der Waals surface area contributed by atoms with Gasteiger partial charge in [-0.05, 0) is 48.5 Å². The molecule has 0 saturated carbocycles. The number of fused-ring (bicyclic) bond motifs is 8. The van der Waals surface area contributed by atoms with Crippen molar-refractivity contribution in [1.29, 1.82) is 0 Å². The highest BCUT2D eigenvalue weighted by molar-refractivity contribution is 6.23. The van der Waals surface area contributed by atoms with E-state index in [0.717, 1.165) is 28.3 Å². The van der Waals surface area contributed by atoms with Crippen LogP contribution in [0.3, 0.4) is 0 Å². The third-order valence-electron chi connectivity index (χ3n) is 8.27. The molecule has 192 valence electrons. The van der Waals surface area contributed by atoms with Gasteiger partial charge in [0.05, 0.1) is 27.8 Å². The summed E-state index contributed by atoms with van der Waals surface area (Å²) in [5, 5.41) is 5.01. The van der Waals surface area contributed by atoms with Crippen LogP contribution in [0.25, 0.3) is 71.9 Å². The topological polar surface area (TPSA) is 27.2 Å². The van der Waals surface area contributed by atoms with Crippen molar-refractivity contribution in [3.8, 4) is 22.6 Å². The highest BCUT2D eigenvalue weighted by atomic mass is 15.0. The Balaban J connectivity index is 1.37. The van der Waals surface area contributed by atoms with Crippen molar-refractivity contribution in [3.63, 3.8) is 0 Å². The Bertz CT molecular complexity index is 2370. The predicted molar refractivity (Wildman–Crippen MR) is 169 cm³/mol. The minimum atomic E-state index is 0.949. The molecule has 5 aromatic carbocycles. The smallest absolute Gasteiger partial charge is 0.137 e. The summed E-state index contributed by atoms with van der Waals surface area (Å²) >= 11 is 0. The maximum Gasteiger partial charge on any atom is 0.137 e. The van der Waals surface area contributed by atoms with Crippen molar-refractivity contribution >= 4 is 49.3 Å². The zero-order valence-electron chi connectivity index (χ0n) is 22.1. The van der Waals surface area contributed by atoms with Gasteiger partial charge in [0.25, 0.3) is 0 Å². The van der Waals surface area contributed by atoms with Crippen molar-refractivity contribution in [2.45, 2.75) is 0 Å². The van der Waals surface area contributed by atoms with Crippen LogP contribution < -0.4 is 0 Å². The normalized spacial score (nSPS) is 11.9. The van der Waals surface area contributed by atoms with Crippen LogP contribution in [0, 0.1) is 0 Å². The number of para-hydroxylation sites is 3. The fraction of sp³-hybridized carbons (Fsp3) is 0. The summed E-state index contributed by atoms with van der Waals surface area (Å²) in [6, 6.07) is 47.6. The Morgan fingerprint density at radius 3 is 1.63 bits per heavy atom. The third kappa shape index (κ3) is 3.19. The zero-order chi connectivity index (χ0) is 26.9. The van der Waals surface area contributed by atoms with Gasteiger partial charge in [-0.1, -0.05) is 84.9 Å². The molecule has 41 heavy (non-hydrogen) atoms. The van der Waals surface area contributed by atoms with Gasteiger partial charge in [0.2, 0.25) is 0 Å². The molecule has 0 aliphatic heterocycles. The SMILES string of the molecule is c1ccc(-n2c3ccccc3c3ccc4c5ccccc5n(-c5ccc(-c6cn7ccccc7n6)cc5)c4c32)cc1. The summed E-state index contributed by atoms with van der Waals surface area (Å²) in [4.78, 5) is 4.84. The highest BCUT2D eigenvalue weighted by Gasteiger charge is 2.21. The Morgan fingerprint density at radius 2 is 1.00 bits per heavy atom. The van der Waals surface area contributed by atoms with E-state index in [2.05, 4.69) is 135 Å². The van der Waals surface area contributed by atoms with Gasteiger partial charge in [0.1, 0.15) is 5.65 Å². The van der Waals surface area contributed by atoms with Crippen molar-refractivity contribution in [2.75, 3.05) is 0 Å². The highest BCUT2D eigenvalue weighted by Crippen LogP contribution is 2.41. The molecule has 9 aromatic rings. The second kappa shape index (κ2) is 8.44. The molecule has 0 N–H and O–H groups in total. The number of rotatable bonds is 3. The van der Waals surface area contributed by atoms with Crippen LogP contribution in [0.5, 0.6) is 0 Å². The summed E-state index contributed by atoms with van der Waals surface area (Å²) in [7, 11) is 0. The van der Waals surface area contributed by atoms with Crippen LogP contribution >= 0.6 is 0 Å². The molecule has 0 saturated heterocycles. The predicted octanol–water partition coefficient (Wildman–Crippen LogP) is 9.20. The minimum Gasteiger partial charge on any atom is -0.307 e. The van der Waals surface area contributed by atoms with Gasteiger partial charge >= 0.3 is 0 Å². The average Bonchev–Trinajstić information content (AvgIpc) is 3.72. The molecule has 4 heterocycles. The van der Waals surface area contributed by atoms with Gasteiger partial charge in [-0.3, -0.25) is 0 Å². The van der Waals surface area contributed by atoms with E-state index in [4.69, 9.17) is 4.98 Å². The second-order valence-electron chi connectivity index (χ2n) is 10.5. The molecule has 0 spiro atoms. The number of imidazole rings is 1. The van der Waals surface area contributed by atoms with Crippen LogP contribution in [0.4, 0.5) is 0 Å². The number of aromatic nitrogens is 4. The fourth-order valence-corrected chi connectivity index (χ4v) is 6.47.